The first-order valence-electron chi connectivity index (χ1n) is 6.57. The van der Waals surface area contributed by atoms with Crippen LogP contribution in [-0.4, -0.2) is 28.4 Å². The first-order chi connectivity index (χ1) is 9.76. The predicted octanol–water partition coefficient (Wildman–Crippen LogP) is 3.27. The van der Waals surface area contributed by atoms with Gasteiger partial charge >= 0.3 is 0 Å². The second-order valence-electron chi connectivity index (χ2n) is 5.90. The lowest BCUT2D eigenvalue weighted by atomic mass is 10.1. The van der Waals surface area contributed by atoms with Crippen LogP contribution >= 0.6 is 22.7 Å². The molecule has 0 saturated carbocycles. The Morgan fingerprint density at radius 1 is 1.48 bits per heavy atom. The summed E-state index contributed by atoms with van der Waals surface area (Å²) in [6, 6.07) is 2.01. The summed E-state index contributed by atoms with van der Waals surface area (Å²) in [6.07, 6.45) is 0. The number of rotatable bonds is 4. The van der Waals surface area contributed by atoms with Gasteiger partial charge in [-0.2, -0.15) is 11.3 Å². The molecule has 1 amide bonds. The van der Waals surface area contributed by atoms with Crippen molar-refractivity contribution in [2.24, 2.45) is 0 Å². The van der Waals surface area contributed by atoms with E-state index in [1.54, 1.807) is 23.3 Å². The Bertz CT molecular complexity index is 613. The van der Waals surface area contributed by atoms with Crippen molar-refractivity contribution in [1.29, 1.82) is 0 Å². The molecule has 5 nitrogen and oxygen atoms in total. The van der Waals surface area contributed by atoms with Crippen LogP contribution in [0.3, 0.4) is 0 Å². The van der Waals surface area contributed by atoms with E-state index in [1.807, 2.05) is 37.6 Å². The normalized spacial score (nSPS) is 11.4. The second-order valence-corrected chi connectivity index (χ2v) is 7.68. The van der Waals surface area contributed by atoms with Crippen molar-refractivity contribution in [3.63, 3.8) is 0 Å². The molecular weight excluding hydrogens is 304 g/mol. The molecule has 21 heavy (non-hydrogen) atoms. The second kappa shape index (κ2) is 6.03. The number of anilines is 2. The van der Waals surface area contributed by atoms with Gasteiger partial charge in [-0.05, 0) is 43.2 Å². The third-order valence-corrected chi connectivity index (χ3v) is 4.38. The van der Waals surface area contributed by atoms with E-state index in [-0.39, 0.29) is 17.3 Å². The molecule has 0 atom stereocenters. The number of carbonyl (C=O) groups is 1. The van der Waals surface area contributed by atoms with Crippen molar-refractivity contribution in [1.82, 2.24) is 9.88 Å². The Hall–Kier alpha value is -1.60. The van der Waals surface area contributed by atoms with E-state index in [4.69, 9.17) is 5.73 Å². The average Bonchev–Trinajstić information content (AvgIpc) is 2.96. The zero-order valence-electron chi connectivity index (χ0n) is 12.6. The van der Waals surface area contributed by atoms with Crippen LogP contribution in [0.15, 0.2) is 16.8 Å². The highest BCUT2D eigenvalue weighted by Gasteiger charge is 2.21. The van der Waals surface area contributed by atoms with Crippen molar-refractivity contribution in [2.75, 3.05) is 18.1 Å². The van der Waals surface area contributed by atoms with Crippen molar-refractivity contribution >= 4 is 39.5 Å². The maximum Gasteiger partial charge on any atom is 0.267 e. The molecule has 3 N–H and O–H groups in total. The maximum absolute atomic E-state index is 12.5. The minimum absolute atomic E-state index is 0.0989. The molecular formula is C14H20N4OS2. The number of hydrogen-bond donors (Lipinski definition) is 2. The van der Waals surface area contributed by atoms with Crippen LogP contribution in [0.1, 0.15) is 36.0 Å². The van der Waals surface area contributed by atoms with Crippen LogP contribution in [0.4, 0.5) is 10.9 Å². The van der Waals surface area contributed by atoms with Gasteiger partial charge in [0.2, 0.25) is 0 Å². The summed E-state index contributed by atoms with van der Waals surface area (Å²) in [5, 5.41) is 7.95. The summed E-state index contributed by atoms with van der Waals surface area (Å²) in [5.74, 6) is 0.187. The lowest BCUT2D eigenvalue weighted by molar-refractivity contribution is 0.0791. The summed E-state index contributed by atoms with van der Waals surface area (Å²) in [5.41, 5.74) is 6.89. The van der Waals surface area contributed by atoms with Gasteiger partial charge in [-0.3, -0.25) is 4.79 Å². The lowest BCUT2D eigenvalue weighted by Gasteiger charge is -2.19. The number of aromatic nitrogens is 1. The molecule has 2 aromatic heterocycles. The Labute approximate surface area is 132 Å². The third kappa shape index (κ3) is 4.18. The Balaban J connectivity index is 2.11. The van der Waals surface area contributed by atoms with Crippen LogP contribution in [-0.2, 0) is 6.54 Å². The molecule has 0 aliphatic carbocycles. The van der Waals surface area contributed by atoms with Gasteiger partial charge in [0.05, 0.1) is 0 Å². The number of nitrogens with one attached hydrogen (secondary N) is 1. The Morgan fingerprint density at radius 3 is 2.76 bits per heavy atom. The summed E-state index contributed by atoms with van der Waals surface area (Å²) >= 11 is 2.92. The first-order valence-corrected chi connectivity index (χ1v) is 8.33. The SMILES string of the molecule is CN(Cc1ccsc1)C(=O)c1sc(NC(C)(C)C)nc1N. The van der Waals surface area contributed by atoms with Crippen LogP contribution in [0.25, 0.3) is 0 Å². The van der Waals surface area contributed by atoms with Crippen molar-refractivity contribution in [3.05, 3.63) is 27.3 Å². The molecule has 0 spiro atoms. The lowest BCUT2D eigenvalue weighted by Crippen LogP contribution is -2.26. The fourth-order valence-corrected chi connectivity index (χ4v) is 3.51. The van der Waals surface area contributed by atoms with E-state index in [9.17, 15) is 4.79 Å². The monoisotopic (exact) mass is 324 g/mol. The number of thiazole rings is 1. The quantitative estimate of drug-likeness (QED) is 0.905. The average molecular weight is 324 g/mol. The van der Waals surface area contributed by atoms with Gasteiger partial charge in [0.25, 0.3) is 5.91 Å². The number of hydrogen-bond acceptors (Lipinski definition) is 6. The molecule has 114 valence electrons. The van der Waals surface area contributed by atoms with E-state index < -0.39 is 0 Å². The Kier molecular flexibility index (Phi) is 4.53. The summed E-state index contributed by atoms with van der Waals surface area (Å²) in [4.78, 5) is 18.8. The fourth-order valence-electron chi connectivity index (χ4n) is 1.76. The smallest absolute Gasteiger partial charge is 0.267 e. The molecule has 0 aromatic carbocycles. The number of amides is 1. The summed E-state index contributed by atoms with van der Waals surface area (Å²) in [6.45, 7) is 6.68. The van der Waals surface area contributed by atoms with E-state index in [2.05, 4.69) is 10.3 Å². The summed E-state index contributed by atoms with van der Waals surface area (Å²) < 4.78 is 0. The number of nitrogen functional groups attached to an aromatic ring is 1. The number of nitrogens with two attached hydrogens (primary N) is 1. The molecule has 0 aliphatic rings. The first kappa shape index (κ1) is 15.8. The molecule has 0 saturated heterocycles. The van der Waals surface area contributed by atoms with Crippen LogP contribution in [0.2, 0.25) is 0 Å². The molecule has 2 rings (SSSR count). The predicted molar refractivity (Wildman–Crippen MR) is 90.0 cm³/mol. The molecule has 0 fully saturated rings. The van der Waals surface area contributed by atoms with Crippen molar-refractivity contribution in [2.45, 2.75) is 32.9 Å². The van der Waals surface area contributed by atoms with Crippen LogP contribution in [0, 0.1) is 0 Å². The highest BCUT2D eigenvalue weighted by molar-refractivity contribution is 7.18. The number of nitrogens with zero attached hydrogens (tertiary/aromatic N) is 2. The Morgan fingerprint density at radius 2 is 2.19 bits per heavy atom. The molecule has 2 heterocycles. The standard InChI is InChI=1S/C14H20N4OS2/c1-14(2,3)17-13-16-11(15)10(21-13)12(19)18(4)7-9-5-6-20-8-9/h5-6,8H,7,15H2,1-4H3,(H,16,17). The maximum atomic E-state index is 12.5. The zero-order chi connectivity index (χ0) is 15.6. The minimum Gasteiger partial charge on any atom is -0.382 e. The van der Waals surface area contributed by atoms with E-state index in [1.165, 1.54) is 11.3 Å². The minimum atomic E-state index is -0.118. The fraction of sp³-hybridized carbons (Fsp3) is 0.429. The summed E-state index contributed by atoms with van der Waals surface area (Å²) in [7, 11) is 1.77. The van der Waals surface area contributed by atoms with Gasteiger partial charge in [-0.1, -0.05) is 11.3 Å². The number of carbonyl (C=O) groups excluding carboxylic acids is 1. The van der Waals surface area contributed by atoms with Gasteiger partial charge in [0, 0.05) is 19.1 Å². The van der Waals surface area contributed by atoms with Crippen molar-refractivity contribution < 1.29 is 4.79 Å². The molecule has 0 bridgehead atoms. The van der Waals surface area contributed by atoms with Crippen LogP contribution < -0.4 is 11.1 Å². The van der Waals surface area contributed by atoms with E-state index in [0.29, 0.717) is 16.6 Å². The molecule has 0 radical (unpaired) electrons. The third-order valence-electron chi connectivity index (χ3n) is 2.68. The molecule has 0 aliphatic heterocycles. The largest absolute Gasteiger partial charge is 0.382 e. The van der Waals surface area contributed by atoms with Gasteiger partial charge in [0.1, 0.15) is 10.7 Å². The van der Waals surface area contributed by atoms with Gasteiger partial charge < -0.3 is 16.0 Å². The molecule has 7 heteroatoms. The molecule has 2 aromatic rings. The van der Waals surface area contributed by atoms with Gasteiger partial charge in [-0.15, -0.1) is 0 Å². The zero-order valence-corrected chi connectivity index (χ0v) is 14.3. The van der Waals surface area contributed by atoms with Crippen LogP contribution in [0.5, 0.6) is 0 Å². The highest BCUT2D eigenvalue weighted by atomic mass is 32.1. The van der Waals surface area contributed by atoms with Crippen molar-refractivity contribution in [3.8, 4) is 0 Å². The number of thiophene rings is 1. The highest BCUT2D eigenvalue weighted by Crippen LogP contribution is 2.28. The van der Waals surface area contributed by atoms with Gasteiger partial charge in [0.15, 0.2) is 5.13 Å². The van der Waals surface area contributed by atoms with Gasteiger partial charge in [-0.25, -0.2) is 4.98 Å². The molecule has 0 unspecified atom stereocenters. The topological polar surface area (TPSA) is 71.2 Å². The van der Waals surface area contributed by atoms with E-state index >= 15 is 0 Å². The van der Waals surface area contributed by atoms with E-state index in [0.717, 1.165) is 5.56 Å².